The van der Waals surface area contributed by atoms with Crippen LogP contribution in [0.4, 0.5) is 0 Å². The predicted octanol–water partition coefficient (Wildman–Crippen LogP) is 3.37. The summed E-state index contributed by atoms with van der Waals surface area (Å²) < 4.78 is 0. The molecule has 2 unspecified atom stereocenters. The Bertz CT molecular complexity index is 477. The first kappa shape index (κ1) is 14.6. The van der Waals surface area contributed by atoms with Crippen LogP contribution in [0.3, 0.4) is 0 Å². The number of aliphatic hydroxyl groups is 1. The van der Waals surface area contributed by atoms with Crippen molar-refractivity contribution in [3.05, 3.63) is 33.8 Å². The first-order chi connectivity index (χ1) is 9.00. The molecule has 2 rings (SSSR count). The number of rotatable bonds is 2. The third-order valence-electron chi connectivity index (χ3n) is 3.53. The average Bonchev–Trinajstić information content (AvgIpc) is 2.41. The molecule has 104 valence electrons. The van der Waals surface area contributed by atoms with E-state index in [0.29, 0.717) is 22.2 Å². The lowest BCUT2D eigenvalue weighted by Gasteiger charge is -2.37. The van der Waals surface area contributed by atoms with Crippen molar-refractivity contribution >= 4 is 29.1 Å². The lowest BCUT2D eigenvalue weighted by molar-refractivity contribution is 0.0281. The molecule has 0 spiro atoms. The number of carbonyl (C=O) groups is 1. The molecule has 2 atom stereocenters. The Kier molecular flexibility index (Phi) is 4.71. The van der Waals surface area contributed by atoms with E-state index in [-0.39, 0.29) is 11.9 Å². The van der Waals surface area contributed by atoms with Gasteiger partial charge < -0.3 is 10.0 Å². The summed E-state index contributed by atoms with van der Waals surface area (Å²) in [5, 5.41) is 10.6. The molecule has 1 fully saturated rings. The standard InChI is InChI=1S/C14H17Cl2NO2/c1-9(18)13-4-2-3-7-17(13)14(19)10-5-6-11(15)12(16)8-10/h5-6,8-9,13,18H,2-4,7H2,1H3. The number of amides is 1. The normalized spacial score (nSPS) is 21.3. The molecule has 3 nitrogen and oxygen atoms in total. The quantitative estimate of drug-likeness (QED) is 0.910. The zero-order valence-electron chi connectivity index (χ0n) is 10.8. The Hall–Kier alpha value is -0.770. The Morgan fingerprint density at radius 3 is 2.74 bits per heavy atom. The van der Waals surface area contributed by atoms with Gasteiger partial charge in [-0.15, -0.1) is 0 Å². The number of benzene rings is 1. The minimum atomic E-state index is -0.521. The molecule has 19 heavy (non-hydrogen) atoms. The zero-order chi connectivity index (χ0) is 14.0. The van der Waals surface area contributed by atoms with E-state index in [9.17, 15) is 9.90 Å². The van der Waals surface area contributed by atoms with Crippen LogP contribution in [-0.4, -0.2) is 34.6 Å². The fourth-order valence-corrected chi connectivity index (χ4v) is 2.80. The summed E-state index contributed by atoms with van der Waals surface area (Å²) >= 11 is 11.8. The topological polar surface area (TPSA) is 40.5 Å². The summed E-state index contributed by atoms with van der Waals surface area (Å²) in [4.78, 5) is 14.2. The lowest BCUT2D eigenvalue weighted by atomic mass is 9.97. The number of carbonyl (C=O) groups excluding carboxylic acids is 1. The van der Waals surface area contributed by atoms with Gasteiger partial charge >= 0.3 is 0 Å². The summed E-state index contributed by atoms with van der Waals surface area (Å²) in [5.41, 5.74) is 0.516. The third-order valence-corrected chi connectivity index (χ3v) is 4.27. The van der Waals surface area contributed by atoms with Gasteiger partial charge in [-0.1, -0.05) is 23.2 Å². The van der Waals surface area contributed by atoms with Gasteiger partial charge in [-0.3, -0.25) is 4.79 Å². The van der Waals surface area contributed by atoms with Gasteiger partial charge in [0.1, 0.15) is 0 Å². The molecule has 1 heterocycles. The summed E-state index contributed by atoms with van der Waals surface area (Å²) in [7, 11) is 0. The minimum absolute atomic E-state index is 0.0934. The number of aliphatic hydroxyl groups excluding tert-OH is 1. The molecule has 0 radical (unpaired) electrons. The van der Waals surface area contributed by atoms with Gasteiger partial charge in [0.05, 0.1) is 22.2 Å². The highest BCUT2D eigenvalue weighted by Gasteiger charge is 2.30. The maximum Gasteiger partial charge on any atom is 0.254 e. The maximum absolute atomic E-state index is 12.5. The van der Waals surface area contributed by atoms with Crippen LogP contribution in [0.2, 0.25) is 10.0 Å². The molecular weight excluding hydrogens is 285 g/mol. The maximum atomic E-state index is 12.5. The van der Waals surface area contributed by atoms with Gasteiger partial charge in [0.25, 0.3) is 5.91 Å². The zero-order valence-corrected chi connectivity index (χ0v) is 12.3. The smallest absolute Gasteiger partial charge is 0.254 e. The van der Waals surface area contributed by atoms with Crippen LogP contribution in [0.1, 0.15) is 36.5 Å². The first-order valence-electron chi connectivity index (χ1n) is 6.45. The Balaban J connectivity index is 2.23. The van der Waals surface area contributed by atoms with Crippen LogP contribution in [0.15, 0.2) is 18.2 Å². The summed E-state index contributed by atoms with van der Waals surface area (Å²) in [5.74, 6) is -0.0934. The number of likely N-dealkylation sites (tertiary alicyclic amines) is 1. The van der Waals surface area contributed by atoms with E-state index in [1.54, 1.807) is 30.0 Å². The van der Waals surface area contributed by atoms with E-state index in [1.807, 2.05) is 0 Å². The van der Waals surface area contributed by atoms with Crippen LogP contribution in [0.25, 0.3) is 0 Å². The number of nitrogens with zero attached hydrogens (tertiary/aromatic N) is 1. The molecule has 0 bridgehead atoms. The molecule has 1 N–H and O–H groups in total. The SMILES string of the molecule is CC(O)C1CCCCN1C(=O)c1ccc(Cl)c(Cl)c1. The summed E-state index contributed by atoms with van der Waals surface area (Å²) in [6, 6.07) is 4.76. The molecule has 0 saturated carbocycles. The Morgan fingerprint density at radius 1 is 1.37 bits per heavy atom. The van der Waals surface area contributed by atoms with Gasteiger partial charge in [-0.05, 0) is 44.4 Å². The minimum Gasteiger partial charge on any atom is -0.391 e. The van der Waals surface area contributed by atoms with E-state index >= 15 is 0 Å². The van der Waals surface area contributed by atoms with Crippen molar-refractivity contribution in [2.45, 2.75) is 38.3 Å². The van der Waals surface area contributed by atoms with E-state index in [0.717, 1.165) is 19.3 Å². The molecule has 5 heteroatoms. The number of hydrogen-bond donors (Lipinski definition) is 1. The molecular formula is C14H17Cl2NO2. The summed E-state index contributed by atoms with van der Waals surface area (Å²) in [6.07, 6.45) is 2.33. The van der Waals surface area contributed by atoms with Gasteiger partial charge in [0.2, 0.25) is 0 Å². The largest absolute Gasteiger partial charge is 0.391 e. The van der Waals surface area contributed by atoms with Crippen LogP contribution < -0.4 is 0 Å². The average molecular weight is 302 g/mol. The summed E-state index contributed by atoms with van der Waals surface area (Å²) in [6.45, 7) is 2.40. The van der Waals surface area contributed by atoms with Crippen LogP contribution in [0, 0.1) is 0 Å². The van der Waals surface area contributed by atoms with E-state index in [2.05, 4.69) is 0 Å². The van der Waals surface area contributed by atoms with Gasteiger partial charge in [-0.25, -0.2) is 0 Å². The molecule has 1 saturated heterocycles. The van der Waals surface area contributed by atoms with Crippen molar-refractivity contribution in [1.82, 2.24) is 4.90 Å². The van der Waals surface area contributed by atoms with Gasteiger partial charge in [0, 0.05) is 12.1 Å². The highest BCUT2D eigenvalue weighted by molar-refractivity contribution is 6.42. The van der Waals surface area contributed by atoms with Crippen LogP contribution >= 0.6 is 23.2 Å². The predicted molar refractivity (Wildman–Crippen MR) is 76.8 cm³/mol. The number of halogens is 2. The second-order valence-corrected chi connectivity index (χ2v) is 5.75. The second kappa shape index (κ2) is 6.12. The van der Waals surface area contributed by atoms with Crippen molar-refractivity contribution in [2.75, 3.05) is 6.54 Å². The Morgan fingerprint density at radius 2 is 2.11 bits per heavy atom. The number of piperidine rings is 1. The van der Waals surface area contributed by atoms with Crippen LogP contribution in [0.5, 0.6) is 0 Å². The van der Waals surface area contributed by atoms with E-state index < -0.39 is 6.10 Å². The highest BCUT2D eigenvalue weighted by Crippen LogP contribution is 2.26. The molecule has 0 aliphatic carbocycles. The van der Waals surface area contributed by atoms with Gasteiger partial charge in [-0.2, -0.15) is 0 Å². The fourth-order valence-electron chi connectivity index (χ4n) is 2.51. The molecule has 1 amide bonds. The van der Waals surface area contributed by atoms with Gasteiger partial charge in [0.15, 0.2) is 0 Å². The molecule has 1 aliphatic heterocycles. The fraction of sp³-hybridized carbons (Fsp3) is 0.500. The van der Waals surface area contributed by atoms with Crippen molar-refractivity contribution in [2.24, 2.45) is 0 Å². The van der Waals surface area contributed by atoms with Crippen molar-refractivity contribution in [3.63, 3.8) is 0 Å². The molecule has 0 aromatic heterocycles. The van der Waals surface area contributed by atoms with Crippen molar-refractivity contribution < 1.29 is 9.90 Å². The molecule has 1 aliphatic rings. The van der Waals surface area contributed by atoms with Crippen LogP contribution in [-0.2, 0) is 0 Å². The number of hydrogen-bond acceptors (Lipinski definition) is 2. The monoisotopic (exact) mass is 301 g/mol. The Labute approximate surface area is 123 Å². The van der Waals surface area contributed by atoms with E-state index in [1.165, 1.54) is 0 Å². The molecule has 1 aromatic carbocycles. The third kappa shape index (κ3) is 3.22. The van der Waals surface area contributed by atoms with Crippen molar-refractivity contribution in [3.8, 4) is 0 Å². The lowest BCUT2D eigenvalue weighted by Crippen LogP contribution is -2.48. The van der Waals surface area contributed by atoms with Crippen molar-refractivity contribution in [1.29, 1.82) is 0 Å². The first-order valence-corrected chi connectivity index (χ1v) is 7.20. The highest BCUT2D eigenvalue weighted by atomic mass is 35.5. The molecule has 1 aromatic rings. The van der Waals surface area contributed by atoms with E-state index in [4.69, 9.17) is 23.2 Å². The second-order valence-electron chi connectivity index (χ2n) is 4.93.